The fraction of sp³-hybridized carbons (Fsp3) is 0.318. The third-order valence-corrected chi connectivity index (χ3v) is 4.76. The minimum absolute atomic E-state index is 0.326. The molecule has 0 atom stereocenters. The topological polar surface area (TPSA) is 44.8 Å². The van der Waals surface area contributed by atoms with Gasteiger partial charge in [-0.15, -0.1) is 0 Å². The van der Waals surface area contributed by atoms with Gasteiger partial charge < -0.3 is 13.9 Å². The van der Waals surface area contributed by atoms with Gasteiger partial charge in [-0.1, -0.05) is 30.4 Å². The zero-order valence-corrected chi connectivity index (χ0v) is 17.8. The SMILES string of the molecule is C=C(Cc1ccc(C(=O)OC)cc1)Cc1ccc(O[Si](C)(C)C)c(OC)c1. The standard InChI is InChI=1S/C22H28O4Si/c1-16(13-17-7-10-19(11-8-17)22(23)25-3)14-18-9-12-20(21(15-18)24-2)26-27(4,5)6/h7-12,15H,1,13-14H2,2-6H3. The van der Waals surface area contributed by atoms with Gasteiger partial charge in [0.05, 0.1) is 19.8 Å². The van der Waals surface area contributed by atoms with Gasteiger partial charge in [-0.25, -0.2) is 4.79 Å². The number of hydrogen-bond donors (Lipinski definition) is 0. The number of rotatable bonds is 8. The number of allylic oxidation sites excluding steroid dienone is 1. The van der Waals surface area contributed by atoms with Crippen LogP contribution < -0.4 is 9.16 Å². The number of methoxy groups -OCH3 is 2. The Hall–Kier alpha value is -2.53. The first kappa shape index (κ1) is 20.8. The number of carbonyl (C=O) groups excluding carboxylic acids is 1. The predicted molar refractivity (Wildman–Crippen MR) is 111 cm³/mol. The Morgan fingerprint density at radius 2 is 1.52 bits per heavy atom. The molecule has 0 aliphatic carbocycles. The maximum Gasteiger partial charge on any atom is 0.337 e. The van der Waals surface area contributed by atoms with E-state index in [1.54, 1.807) is 19.2 Å². The highest BCUT2D eigenvalue weighted by Crippen LogP contribution is 2.31. The molecule has 27 heavy (non-hydrogen) atoms. The average Bonchev–Trinajstić information content (AvgIpc) is 2.61. The molecule has 0 saturated carbocycles. The summed E-state index contributed by atoms with van der Waals surface area (Å²) in [5.74, 6) is 1.22. The smallest absolute Gasteiger partial charge is 0.337 e. The lowest BCUT2D eigenvalue weighted by Gasteiger charge is -2.21. The van der Waals surface area contributed by atoms with E-state index in [0.717, 1.165) is 41.0 Å². The predicted octanol–water partition coefficient (Wildman–Crippen LogP) is 5.04. The maximum absolute atomic E-state index is 11.5. The molecule has 0 spiro atoms. The fourth-order valence-electron chi connectivity index (χ4n) is 2.75. The normalized spacial score (nSPS) is 11.0. The zero-order valence-electron chi connectivity index (χ0n) is 16.8. The van der Waals surface area contributed by atoms with E-state index in [1.165, 1.54) is 7.11 Å². The largest absolute Gasteiger partial charge is 0.542 e. The Morgan fingerprint density at radius 1 is 0.926 bits per heavy atom. The van der Waals surface area contributed by atoms with E-state index >= 15 is 0 Å². The van der Waals surface area contributed by atoms with Crippen LogP contribution in [0.1, 0.15) is 21.5 Å². The third kappa shape index (κ3) is 6.29. The van der Waals surface area contributed by atoms with Gasteiger partial charge >= 0.3 is 5.97 Å². The summed E-state index contributed by atoms with van der Waals surface area (Å²) < 4.78 is 16.3. The van der Waals surface area contributed by atoms with Crippen molar-refractivity contribution >= 4 is 14.3 Å². The van der Waals surface area contributed by atoms with E-state index in [4.69, 9.17) is 13.9 Å². The minimum Gasteiger partial charge on any atom is -0.542 e. The lowest BCUT2D eigenvalue weighted by molar-refractivity contribution is 0.0600. The molecule has 0 aromatic heterocycles. The highest BCUT2D eigenvalue weighted by molar-refractivity contribution is 6.70. The van der Waals surface area contributed by atoms with E-state index in [-0.39, 0.29) is 5.97 Å². The molecule has 0 saturated heterocycles. The van der Waals surface area contributed by atoms with Gasteiger partial charge in [-0.05, 0) is 67.9 Å². The van der Waals surface area contributed by atoms with Crippen molar-refractivity contribution in [1.29, 1.82) is 0 Å². The molecule has 0 N–H and O–H groups in total. The molecule has 5 heteroatoms. The molecule has 0 unspecified atom stereocenters. The summed E-state index contributed by atoms with van der Waals surface area (Å²) in [6.07, 6.45) is 1.50. The molecular weight excluding hydrogens is 356 g/mol. The van der Waals surface area contributed by atoms with Gasteiger partial charge in [-0.3, -0.25) is 0 Å². The molecule has 0 fully saturated rings. The Bertz CT molecular complexity index is 804. The van der Waals surface area contributed by atoms with Crippen LogP contribution in [0.5, 0.6) is 11.5 Å². The molecule has 0 amide bonds. The lowest BCUT2D eigenvalue weighted by atomic mass is 9.99. The number of hydrogen-bond acceptors (Lipinski definition) is 4. The summed E-state index contributed by atoms with van der Waals surface area (Å²) in [4.78, 5) is 11.5. The zero-order chi connectivity index (χ0) is 20.0. The van der Waals surface area contributed by atoms with Crippen molar-refractivity contribution in [2.45, 2.75) is 32.5 Å². The summed E-state index contributed by atoms with van der Waals surface area (Å²) in [5.41, 5.74) is 3.88. The fourth-order valence-corrected chi connectivity index (χ4v) is 3.58. The van der Waals surface area contributed by atoms with Crippen molar-refractivity contribution in [2.75, 3.05) is 14.2 Å². The van der Waals surface area contributed by atoms with Crippen molar-refractivity contribution in [1.82, 2.24) is 0 Å². The van der Waals surface area contributed by atoms with Crippen LogP contribution >= 0.6 is 0 Å². The second kappa shape index (κ2) is 8.91. The summed E-state index contributed by atoms with van der Waals surface area (Å²) in [5, 5.41) is 0. The summed E-state index contributed by atoms with van der Waals surface area (Å²) in [6, 6.07) is 13.5. The Balaban J connectivity index is 2.04. The van der Waals surface area contributed by atoms with Crippen molar-refractivity contribution in [3.8, 4) is 11.5 Å². The second-order valence-corrected chi connectivity index (χ2v) is 11.9. The van der Waals surface area contributed by atoms with Crippen molar-refractivity contribution in [3.63, 3.8) is 0 Å². The van der Waals surface area contributed by atoms with Crippen LogP contribution in [0.3, 0.4) is 0 Å². The van der Waals surface area contributed by atoms with Gasteiger partial charge in [0.2, 0.25) is 8.32 Å². The molecule has 0 aliphatic rings. The molecule has 4 nitrogen and oxygen atoms in total. The highest BCUT2D eigenvalue weighted by atomic mass is 28.4. The highest BCUT2D eigenvalue weighted by Gasteiger charge is 2.19. The minimum atomic E-state index is -1.69. The monoisotopic (exact) mass is 384 g/mol. The molecule has 2 rings (SSSR count). The van der Waals surface area contributed by atoms with Gasteiger partial charge in [0, 0.05) is 0 Å². The van der Waals surface area contributed by atoms with Crippen molar-refractivity contribution in [2.24, 2.45) is 0 Å². The number of esters is 1. The molecule has 0 radical (unpaired) electrons. The van der Waals surface area contributed by atoms with Crippen LogP contribution in [0.4, 0.5) is 0 Å². The van der Waals surface area contributed by atoms with Gasteiger partial charge in [0.25, 0.3) is 0 Å². The quantitative estimate of drug-likeness (QED) is 0.363. The maximum atomic E-state index is 11.5. The van der Waals surface area contributed by atoms with Crippen LogP contribution in [0.2, 0.25) is 19.6 Å². The molecule has 144 valence electrons. The summed E-state index contributed by atoms with van der Waals surface area (Å²) >= 11 is 0. The van der Waals surface area contributed by atoms with Crippen LogP contribution in [0.15, 0.2) is 54.6 Å². The van der Waals surface area contributed by atoms with Gasteiger partial charge in [-0.2, -0.15) is 0 Å². The van der Waals surface area contributed by atoms with E-state index < -0.39 is 8.32 Å². The van der Waals surface area contributed by atoms with Gasteiger partial charge in [0.15, 0.2) is 5.75 Å². The van der Waals surface area contributed by atoms with E-state index in [1.807, 2.05) is 24.3 Å². The third-order valence-electron chi connectivity index (χ3n) is 3.93. The van der Waals surface area contributed by atoms with Gasteiger partial charge in [0.1, 0.15) is 5.75 Å². The molecule has 0 heterocycles. The Labute approximate surface area is 162 Å². The van der Waals surface area contributed by atoms with Crippen LogP contribution in [-0.4, -0.2) is 28.5 Å². The van der Waals surface area contributed by atoms with E-state index in [9.17, 15) is 4.79 Å². The molecule has 2 aromatic carbocycles. The summed E-state index contributed by atoms with van der Waals surface area (Å²) in [7, 11) is 1.35. The van der Waals surface area contributed by atoms with Crippen LogP contribution in [-0.2, 0) is 17.6 Å². The van der Waals surface area contributed by atoms with Crippen molar-refractivity contribution < 1.29 is 18.7 Å². The number of ether oxygens (including phenoxy) is 2. The lowest BCUT2D eigenvalue weighted by Crippen LogP contribution is -2.29. The Kier molecular flexibility index (Phi) is 6.85. The van der Waals surface area contributed by atoms with Crippen LogP contribution in [0.25, 0.3) is 0 Å². The first-order valence-electron chi connectivity index (χ1n) is 8.91. The molecule has 2 aromatic rings. The number of carbonyl (C=O) groups is 1. The molecule has 0 bridgehead atoms. The summed E-state index contributed by atoms with van der Waals surface area (Å²) in [6.45, 7) is 10.6. The first-order chi connectivity index (χ1) is 12.7. The van der Waals surface area contributed by atoms with Crippen molar-refractivity contribution in [3.05, 3.63) is 71.3 Å². The molecular formula is C22H28O4Si. The second-order valence-electron chi connectivity index (χ2n) is 7.49. The van der Waals surface area contributed by atoms with E-state index in [2.05, 4.69) is 32.3 Å². The van der Waals surface area contributed by atoms with Crippen LogP contribution in [0, 0.1) is 0 Å². The number of benzene rings is 2. The first-order valence-corrected chi connectivity index (χ1v) is 12.3. The Morgan fingerprint density at radius 3 is 2.07 bits per heavy atom. The molecule has 0 aliphatic heterocycles. The van der Waals surface area contributed by atoms with E-state index in [0.29, 0.717) is 5.56 Å². The average molecular weight is 385 g/mol.